The zero-order valence-electron chi connectivity index (χ0n) is 18.8. The fourth-order valence-corrected chi connectivity index (χ4v) is 4.95. The van der Waals surface area contributed by atoms with Crippen molar-refractivity contribution in [2.75, 3.05) is 5.32 Å². The maximum atomic E-state index is 13.5. The third-order valence-corrected chi connectivity index (χ3v) is 6.71. The molecule has 0 bridgehead atoms. The molecule has 0 atom stereocenters. The van der Waals surface area contributed by atoms with Crippen molar-refractivity contribution >= 4 is 33.1 Å². The summed E-state index contributed by atoms with van der Waals surface area (Å²) in [6.45, 7) is 9.53. The number of carbonyl (C=O) groups is 1. The van der Waals surface area contributed by atoms with Crippen LogP contribution in [-0.4, -0.2) is 15.0 Å². The molecule has 2 aromatic heterocycles. The van der Waals surface area contributed by atoms with Crippen LogP contribution in [0.2, 0.25) is 0 Å². The number of rotatable bonds is 4. The molecule has 2 heterocycles. The Bertz CT molecular complexity index is 1470. The van der Waals surface area contributed by atoms with Crippen molar-refractivity contribution in [1.29, 1.82) is 0 Å². The number of aryl methyl sites for hydroxylation is 4. The second-order valence-corrected chi connectivity index (χ2v) is 9.10. The number of nitrogens with zero attached hydrogens (tertiary/aromatic N) is 2. The predicted molar refractivity (Wildman–Crippen MR) is 130 cm³/mol. The van der Waals surface area contributed by atoms with Crippen LogP contribution in [0.5, 0.6) is 0 Å². The fraction of sp³-hybridized carbons (Fsp3) is 0.240. The van der Waals surface area contributed by atoms with Gasteiger partial charge in [0.05, 0.1) is 11.2 Å². The molecule has 4 aromatic rings. The average molecular weight is 448 g/mol. The summed E-state index contributed by atoms with van der Waals surface area (Å²) in [5.41, 5.74) is 5.74. The topological polar surface area (TPSA) is 73.1 Å². The number of hydrogen-bond donors (Lipinski definition) is 1. The Morgan fingerprint density at radius 3 is 2.34 bits per heavy atom. The molecule has 0 radical (unpaired) electrons. The van der Waals surface area contributed by atoms with Crippen LogP contribution in [0.25, 0.3) is 15.9 Å². The molecule has 0 saturated carbocycles. The smallest absolute Gasteiger partial charge is 0.324 e. The standard InChI is InChI=1S/C25H25N3O3S/c1-14-11-16(3)22(17(4)12-14)26-21(29)13-27-20-9-10-32-23(20)24(30)28(25(27)31)19-8-6-7-15(2)18(19)5/h6-12H,13H2,1-5H3,(H,26,29). The van der Waals surface area contributed by atoms with E-state index in [-0.39, 0.29) is 18.0 Å². The molecule has 32 heavy (non-hydrogen) atoms. The number of nitrogens with one attached hydrogen (secondary N) is 1. The molecular formula is C25H25N3O3S. The van der Waals surface area contributed by atoms with E-state index >= 15 is 0 Å². The maximum absolute atomic E-state index is 13.5. The predicted octanol–water partition coefficient (Wildman–Crippen LogP) is 4.39. The maximum Gasteiger partial charge on any atom is 0.336 e. The van der Waals surface area contributed by atoms with Crippen LogP contribution in [0, 0.1) is 34.6 Å². The van der Waals surface area contributed by atoms with E-state index in [4.69, 9.17) is 0 Å². The van der Waals surface area contributed by atoms with E-state index in [2.05, 4.69) is 5.32 Å². The Morgan fingerprint density at radius 2 is 1.66 bits per heavy atom. The lowest BCUT2D eigenvalue weighted by molar-refractivity contribution is -0.116. The van der Waals surface area contributed by atoms with Gasteiger partial charge < -0.3 is 5.32 Å². The zero-order valence-corrected chi connectivity index (χ0v) is 19.6. The largest absolute Gasteiger partial charge is 0.336 e. The number of amides is 1. The summed E-state index contributed by atoms with van der Waals surface area (Å²) >= 11 is 1.27. The van der Waals surface area contributed by atoms with Crippen molar-refractivity contribution in [3.63, 3.8) is 0 Å². The van der Waals surface area contributed by atoms with Gasteiger partial charge in [0.2, 0.25) is 5.91 Å². The summed E-state index contributed by atoms with van der Waals surface area (Å²) in [5, 5.41) is 4.72. The lowest BCUT2D eigenvalue weighted by Gasteiger charge is -2.16. The van der Waals surface area contributed by atoms with Crippen LogP contribution >= 0.6 is 11.3 Å². The van der Waals surface area contributed by atoms with Crippen molar-refractivity contribution in [3.05, 3.63) is 90.4 Å². The van der Waals surface area contributed by atoms with Gasteiger partial charge in [-0.15, -0.1) is 11.3 Å². The van der Waals surface area contributed by atoms with E-state index in [9.17, 15) is 14.4 Å². The van der Waals surface area contributed by atoms with Gasteiger partial charge >= 0.3 is 5.69 Å². The average Bonchev–Trinajstić information content (AvgIpc) is 3.21. The molecule has 0 aliphatic rings. The first kappa shape index (κ1) is 21.8. The quantitative estimate of drug-likeness (QED) is 0.504. The van der Waals surface area contributed by atoms with E-state index in [1.807, 2.05) is 58.9 Å². The molecule has 1 amide bonds. The highest BCUT2D eigenvalue weighted by atomic mass is 32.1. The van der Waals surface area contributed by atoms with Crippen LogP contribution in [0.15, 0.2) is 51.4 Å². The number of carbonyl (C=O) groups excluding carboxylic acids is 1. The number of aromatic nitrogens is 2. The van der Waals surface area contributed by atoms with Crippen LogP contribution < -0.4 is 16.6 Å². The van der Waals surface area contributed by atoms with E-state index in [0.717, 1.165) is 33.5 Å². The van der Waals surface area contributed by atoms with Gasteiger partial charge in [-0.2, -0.15) is 0 Å². The third-order valence-electron chi connectivity index (χ3n) is 5.81. The first-order valence-electron chi connectivity index (χ1n) is 10.4. The molecule has 164 valence electrons. The lowest BCUT2D eigenvalue weighted by atomic mass is 10.1. The highest BCUT2D eigenvalue weighted by Crippen LogP contribution is 2.23. The summed E-state index contributed by atoms with van der Waals surface area (Å²) in [6.07, 6.45) is 0. The molecule has 0 aliphatic heterocycles. The third kappa shape index (κ3) is 3.69. The zero-order chi connectivity index (χ0) is 23.2. The first-order valence-corrected chi connectivity index (χ1v) is 11.2. The molecular weight excluding hydrogens is 422 g/mol. The molecule has 4 rings (SSSR count). The molecule has 6 nitrogen and oxygen atoms in total. The van der Waals surface area contributed by atoms with Crippen molar-refractivity contribution in [2.45, 2.75) is 41.2 Å². The van der Waals surface area contributed by atoms with Gasteiger partial charge in [0, 0.05) is 5.69 Å². The van der Waals surface area contributed by atoms with Gasteiger partial charge in [0.25, 0.3) is 5.56 Å². The number of hydrogen-bond acceptors (Lipinski definition) is 4. The van der Waals surface area contributed by atoms with E-state index < -0.39 is 5.69 Å². The summed E-state index contributed by atoms with van der Waals surface area (Å²) in [7, 11) is 0. The number of fused-ring (bicyclic) bond motifs is 1. The Kier molecular flexibility index (Phi) is 5.60. The summed E-state index contributed by atoms with van der Waals surface area (Å²) < 4.78 is 3.00. The van der Waals surface area contributed by atoms with E-state index in [1.54, 1.807) is 17.5 Å². The Morgan fingerprint density at radius 1 is 0.969 bits per heavy atom. The van der Waals surface area contributed by atoms with Crippen LogP contribution in [0.1, 0.15) is 27.8 Å². The van der Waals surface area contributed by atoms with E-state index in [1.165, 1.54) is 20.5 Å². The molecule has 0 aliphatic carbocycles. The second kappa shape index (κ2) is 8.24. The monoisotopic (exact) mass is 447 g/mol. The molecule has 0 unspecified atom stereocenters. The molecule has 0 spiro atoms. The Labute approximate surface area is 189 Å². The van der Waals surface area contributed by atoms with E-state index in [0.29, 0.717) is 15.9 Å². The van der Waals surface area contributed by atoms with Crippen LogP contribution in [0.3, 0.4) is 0 Å². The summed E-state index contributed by atoms with van der Waals surface area (Å²) in [6, 6.07) is 11.2. The van der Waals surface area contributed by atoms with Crippen molar-refractivity contribution < 1.29 is 4.79 Å². The highest BCUT2D eigenvalue weighted by Gasteiger charge is 2.19. The molecule has 0 fully saturated rings. The van der Waals surface area contributed by atoms with Gasteiger partial charge in [-0.25, -0.2) is 9.36 Å². The highest BCUT2D eigenvalue weighted by molar-refractivity contribution is 7.17. The number of thiophene rings is 1. The molecule has 2 aromatic carbocycles. The second-order valence-electron chi connectivity index (χ2n) is 8.19. The van der Waals surface area contributed by atoms with Crippen molar-refractivity contribution in [2.24, 2.45) is 0 Å². The van der Waals surface area contributed by atoms with Gasteiger partial charge in [-0.05, 0) is 74.4 Å². The Hall–Kier alpha value is -3.45. The normalized spacial score (nSPS) is 11.2. The van der Waals surface area contributed by atoms with Crippen molar-refractivity contribution in [1.82, 2.24) is 9.13 Å². The lowest BCUT2D eigenvalue weighted by Crippen LogP contribution is -2.40. The minimum atomic E-state index is -0.526. The van der Waals surface area contributed by atoms with Crippen LogP contribution in [-0.2, 0) is 11.3 Å². The SMILES string of the molecule is Cc1cc(C)c(NC(=O)Cn2c(=O)n(-c3cccc(C)c3C)c(=O)c3sccc32)c(C)c1. The van der Waals surface area contributed by atoms with Crippen molar-refractivity contribution in [3.8, 4) is 5.69 Å². The summed E-state index contributed by atoms with van der Waals surface area (Å²) in [5.74, 6) is -0.319. The number of benzene rings is 2. The van der Waals surface area contributed by atoms with Gasteiger partial charge in [0.1, 0.15) is 11.2 Å². The first-order chi connectivity index (χ1) is 15.2. The minimum absolute atomic E-state index is 0.191. The fourth-order valence-electron chi connectivity index (χ4n) is 4.13. The summed E-state index contributed by atoms with van der Waals surface area (Å²) in [4.78, 5) is 39.7. The Balaban J connectivity index is 1.83. The van der Waals surface area contributed by atoms with Crippen LogP contribution in [0.4, 0.5) is 5.69 Å². The van der Waals surface area contributed by atoms with Gasteiger partial charge in [0.15, 0.2) is 0 Å². The number of anilines is 1. The minimum Gasteiger partial charge on any atom is -0.324 e. The molecule has 7 heteroatoms. The van der Waals surface area contributed by atoms with Gasteiger partial charge in [-0.1, -0.05) is 29.8 Å². The molecule has 0 saturated heterocycles. The molecule has 1 N–H and O–H groups in total. The van der Waals surface area contributed by atoms with Gasteiger partial charge in [-0.3, -0.25) is 14.2 Å².